The molecule has 6 nitrogen and oxygen atoms in total. The summed E-state index contributed by atoms with van der Waals surface area (Å²) in [6.07, 6.45) is 7.47. The van der Waals surface area contributed by atoms with Gasteiger partial charge < -0.3 is 16.0 Å². The number of aromatic nitrogens is 4. The van der Waals surface area contributed by atoms with Crippen LogP contribution < -0.4 is 11.1 Å². The zero-order chi connectivity index (χ0) is 10.5. The van der Waals surface area contributed by atoms with Crippen LogP contribution in [-0.4, -0.2) is 26.5 Å². The molecule has 0 saturated heterocycles. The lowest BCUT2D eigenvalue weighted by molar-refractivity contribution is 0.964. The minimum absolute atomic E-state index is 0.425. The van der Waals surface area contributed by atoms with Crippen LogP contribution in [0.15, 0.2) is 24.9 Å². The Labute approximate surface area is 87.0 Å². The number of anilines is 2. The molecule has 2 heterocycles. The minimum atomic E-state index is 0.425. The highest BCUT2D eigenvalue weighted by Crippen LogP contribution is 2.01. The topological polar surface area (TPSA) is 92.5 Å². The maximum atomic E-state index is 5.42. The molecule has 0 aliphatic rings. The molecular weight excluding hydrogens is 192 g/mol. The second-order valence-corrected chi connectivity index (χ2v) is 3.08. The van der Waals surface area contributed by atoms with Crippen LogP contribution >= 0.6 is 0 Å². The third-order valence-corrected chi connectivity index (χ3v) is 1.93. The summed E-state index contributed by atoms with van der Waals surface area (Å²) in [7, 11) is 0. The summed E-state index contributed by atoms with van der Waals surface area (Å²) in [6, 6.07) is 0. The van der Waals surface area contributed by atoms with E-state index in [0.717, 1.165) is 24.5 Å². The Kier molecular flexibility index (Phi) is 2.77. The molecule has 6 heteroatoms. The molecule has 0 unspecified atom stereocenters. The van der Waals surface area contributed by atoms with Crippen molar-refractivity contribution in [1.29, 1.82) is 0 Å². The monoisotopic (exact) mass is 204 g/mol. The van der Waals surface area contributed by atoms with E-state index in [4.69, 9.17) is 5.73 Å². The molecule has 0 bridgehead atoms. The Morgan fingerprint density at radius 1 is 1.27 bits per heavy atom. The van der Waals surface area contributed by atoms with E-state index in [9.17, 15) is 0 Å². The normalized spacial score (nSPS) is 10.1. The van der Waals surface area contributed by atoms with E-state index in [1.54, 1.807) is 18.7 Å². The minimum Gasteiger partial charge on any atom is -0.382 e. The fourth-order valence-electron chi connectivity index (χ4n) is 1.18. The van der Waals surface area contributed by atoms with Gasteiger partial charge in [-0.1, -0.05) is 0 Å². The van der Waals surface area contributed by atoms with Gasteiger partial charge in [0, 0.05) is 24.9 Å². The fourth-order valence-corrected chi connectivity index (χ4v) is 1.18. The van der Waals surface area contributed by atoms with Gasteiger partial charge in [-0.05, 0) is 0 Å². The second kappa shape index (κ2) is 4.41. The molecule has 0 aromatic carbocycles. The van der Waals surface area contributed by atoms with E-state index in [1.807, 2.05) is 0 Å². The number of nitrogens with one attached hydrogen (secondary N) is 2. The van der Waals surface area contributed by atoms with Crippen molar-refractivity contribution in [3.63, 3.8) is 0 Å². The second-order valence-electron chi connectivity index (χ2n) is 3.08. The Bertz CT molecular complexity index is 393. The van der Waals surface area contributed by atoms with Crippen molar-refractivity contribution in [1.82, 2.24) is 19.9 Å². The van der Waals surface area contributed by atoms with Gasteiger partial charge in [-0.25, -0.2) is 15.0 Å². The lowest BCUT2D eigenvalue weighted by Crippen LogP contribution is -2.07. The van der Waals surface area contributed by atoms with E-state index >= 15 is 0 Å². The van der Waals surface area contributed by atoms with Crippen molar-refractivity contribution in [2.75, 3.05) is 17.6 Å². The smallest absolute Gasteiger partial charge is 0.144 e. The van der Waals surface area contributed by atoms with Gasteiger partial charge in [0.2, 0.25) is 0 Å². The zero-order valence-corrected chi connectivity index (χ0v) is 8.14. The van der Waals surface area contributed by atoms with E-state index < -0.39 is 0 Å². The van der Waals surface area contributed by atoms with Gasteiger partial charge in [0.1, 0.15) is 11.6 Å². The molecule has 0 fully saturated rings. The summed E-state index contributed by atoms with van der Waals surface area (Å²) in [6.45, 7) is 0.779. The molecule has 0 aliphatic heterocycles. The van der Waals surface area contributed by atoms with Crippen LogP contribution in [0.1, 0.15) is 5.69 Å². The average Bonchev–Trinajstić information content (AvgIpc) is 2.74. The number of aromatic amines is 1. The average molecular weight is 204 g/mol. The molecule has 0 amide bonds. The molecule has 15 heavy (non-hydrogen) atoms. The van der Waals surface area contributed by atoms with E-state index in [2.05, 4.69) is 25.3 Å². The summed E-state index contributed by atoms with van der Waals surface area (Å²) in [5.74, 6) is 1.15. The highest BCUT2D eigenvalue weighted by atomic mass is 15.0. The molecule has 4 N–H and O–H groups in total. The Balaban J connectivity index is 1.81. The molecule has 78 valence electrons. The maximum absolute atomic E-state index is 5.42. The number of rotatable bonds is 4. The molecule has 0 aliphatic carbocycles. The first-order chi connectivity index (χ1) is 7.34. The van der Waals surface area contributed by atoms with Gasteiger partial charge in [0.25, 0.3) is 0 Å². The number of nitrogens with two attached hydrogens (primary N) is 1. The van der Waals surface area contributed by atoms with Gasteiger partial charge in [-0.15, -0.1) is 0 Å². The van der Waals surface area contributed by atoms with E-state index in [1.165, 1.54) is 6.20 Å². The van der Waals surface area contributed by atoms with Crippen LogP contribution in [0.25, 0.3) is 0 Å². The van der Waals surface area contributed by atoms with Gasteiger partial charge in [-0.2, -0.15) is 0 Å². The Morgan fingerprint density at radius 3 is 2.87 bits per heavy atom. The SMILES string of the molecule is Nc1cnc(NCCc2cnc[nH]2)cn1. The van der Waals surface area contributed by atoms with Crippen LogP contribution in [0.2, 0.25) is 0 Å². The summed E-state index contributed by atoms with van der Waals surface area (Å²) in [5, 5.41) is 3.13. The summed E-state index contributed by atoms with van der Waals surface area (Å²) >= 11 is 0. The van der Waals surface area contributed by atoms with Gasteiger partial charge >= 0.3 is 0 Å². The molecule has 0 spiro atoms. The van der Waals surface area contributed by atoms with Crippen LogP contribution in [0.5, 0.6) is 0 Å². The third kappa shape index (κ3) is 2.67. The maximum Gasteiger partial charge on any atom is 0.144 e. The quantitative estimate of drug-likeness (QED) is 0.671. The summed E-state index contributed by atoms with van der Waals surface area (Å²) in [5.41, 5.74) is 6.51. The van der Waals surface area contributed by atoms with Crippen molar-refractivity contribution < 1.29 is 0 Å². The summed E-state index contributed by atoms with van der Waals surface area (Å²) in [4.78, 5) is 15.0. The Hall–Kier alpha value is -2.11. The van der Waals surface area contributed by atoms with Crippen molar-refractivity contribution >= 4 is 11.6 Å². The number of imidazole rings is 1. The third-order valence-electron chi connectivity index (χ3n) is 1.93. The molecule has 2 aromatic heterocycles. The lowest BCUT2D eigenvalue weighted by Gasteiger charge is -2.03. The number of hydrogen-bond donors (Lipinski definition) is 3. The van der Waals surface area contributed by atoms with Crippen molar-refractivity contribution in [3.05, 3.63) is 30.6 Å². The van der Waals surface area contributed by atoms with Crippen molar-refractivity contribution in [3.8, 4) is 0 Å². The van der Waals surface area contributed by atoms with E-state index in [-0.39, 0.29) is 0 Å². The largest absolute Gasteiger partial charge is 0.382 e. The highest BCUT2D eigenvalue weighted by Gasteiger charge is 1.96. The lowest BCUT2D eigenvalue weighted by atomic mass is 10.3. The predicted octanol–water partition coefficient (Wildman–Crippen LogP) is 0.436. The van der Waals surface area contributed by atoms with Crippen LogP contribution in [-0.2, 0) is 6.42 Å². The first kappa shape index (κ1) is 9.45. The van der Waals surface area contributed by atoms with Gasteiger partial charge in [-0.3, -0.25) is 0 Å². The molecule has 0 atom stereocenters. The molecule has 2 aromatic rings. The van der Waals surface area contributed by atoms with Gasteiger partial charge in [0.05, 0.1) is 18.7 Å². The molecular formula is C9H12N6. The van der Waals surface area contributed by atoms with Gasteiger partial charge in [0.15, 0.2) is 0 Å². The number of hydrogen-bond acceptors (Lipinski definition) is 5. The Morgan fingerprint density at radius 2 is 2.20 bits per heavy atom. The number of nitrogen functional groups attached to an aromatic ring is 1. The van der Waals surface area contributed by atoms with Crippen LogP contribution in [0.4, 0.5) is 11.6 Å². The number of H-pyrrole nitrogens is 1. The summed E-state index contributed by atoms with van der Waals surface area (Å²) < 4.78 is 0. The van der Waals surface area contributed by atoms with E-state index in [0.29, 0.717) is 5.82 Å². The standard InChI is InChI=1S/C9H12N6/c10-8-4-14-9(5-13-8)12-2-1-7-3-11-6-15-7/h3-6H,1-2H2,(H2,10,13)(H,11,15)(H,12,14). The highest BCUT2D eigenvalue weighted by molar-refractivity contribution is 5.35. The first-order valence-electron chi connectivity index (χ1n) is 4.63. The number of nitrogens with zero attached hydrogens (tertiary/aromatic N) is 3. The molecule has 0 radical (unpaired) electrons. The fraction of sp³-hybridized carbons (Fsp3) is 0.222. The zero-order valence-electron chi connectivity index (χ0n) is 8.14. The first-order valence-corrected chi connectivity index (χ1v) is 4.63. The van der Waals surface area contributed by atoms with Crippen LogP contribution in [0.3, 0.4) is 0 Å². The van der Waals surface area contributed by atoms with Crippen LogP contribution in [0, 0.1) is 0 Å². The predicted molar refractivity (Wildman–Crippen MR) is 57.2 cm³/mol. The van der Waals surface area contributed by atoms with Crippen molar-refractivity contribution in [2.45, 2.75) is 6.42 Å². The molecule has 2 rings (SSSR count). The molecule has 0 saturated carbocycles. The van der Waals surface area contributed by atoms with Crippen molar-refractivity contribution in [2.24, 2.45) is 0 Å².